The maximum atomic E-state index is 13.0. The molecule has 92 valence electrons. The summed E-state index contributed by atoms with van der Waals surface area (Å²) in [4.78, 5) is 11.9. The molecule has 0 spiro atoms. The van der Waals surface area contributed by atoms with E-state index in [0.717, 1.165) is 12.3 Å². The third-order valence-corrected chi connectivity index (χ3v) is 3.61. The molecule has 1 N–H and O–H groups in total. The summed E-state index contributed by atoms with van der Waals surface area (Å²) in [6, 6.07) is 4.20. The van der Waals surface area contributed by atoms with Gasteiger partial charge in [0.15, 0.2) is 0 Å². The first kappa shape index (κ1) is 12.4. The van der Waals surface area contributed by atoms with E-state index < -0.39 is 5.82 Å². The quantitative estimate of drug-likeness (QED) is 0.793. The van der Waals surface area contributed by atoms with Crippen molar-refractivity contribution in [2.24, 2.45) is 5.92 Å². The van der Waals surface area contributed by atoms with Gasteiger partial charge >= 0.3 is 0 Å². The molecule has 0 heterocycles. The van der Waals surface area contributed by atoms with E-state index >= 15 is 0 Å². The molecule has 0 atom stereocenters. The number of amides is 1. The Morgan fingerprint density at radius 1 is 1.47 bits per heavy atom. The lowest BCUT2D eigenvalue weighted by molar-refractivity contribution is 0.0948. The van der Waals surface area contributed by atoms with Crippen LogP contribution in [0.2, 0.25) is 0 Å². The molecule has 0 aliphatic heterocycles. The van der Waals surface area contributed by atoms with Gasteiger partial charge in [-0.1, -0.05) is 19.3 Å². The van der Waals surface area contributed by atoms with Crippen molar-refractivity contribution in [3.63, 3.8) is 0 Å². The molecule has 2 nitrogen and oxygen atoms in total. The third kappa shape index (κ3) is 3.22. The van der Waals surface area contributed by atoms with Crippen LogP contribution < -0.4 is 5.32 Å². The fraction of sp³-hybridized carbons (Fsp3) is 0.462. The smallest absolute Gasteiger partial charge is 0.251 e. The molecule has 1 saturated carbocycles. The molecule has 1 aliphatic rings. The minimum absolute atomic E-state index is 0.153. The first-order valence-corrected chi connectivity index (χ1v) is 6.38. The first-order valence-electron chi connectivity index (χ1n) is 5.93. The highest BCUT2D eigenvalue weighted by atomic mass is 32.1. The average Bonchev–Trinajstić information content (AvgIpc) is 2.25. The topological polar surface area (TPSA) is 29.1 Å². The van der Waals surface area contributed by atoms with Gasteiger partial charge in [-0.2, -0.15) is 0 Å². The van der Waals surface area contributed by atoms with E-state index in [1.165, 1.54) is 37.5 Å². The Bertz CT molecular complexity index is 418. The molecule has 0 bridgehead atoms. The predicted molar refractivity (Wildman–Crippen MR) is 67.9 cm³/mol. The molecular weight excluding hydrogens is 237 g/mol. The molecule has 0 unspecified atom stereocenters. The van der Waals surface area contributed by atoms with E-state index in [0.29, 0.717) is 12.1 Å². The van der Waals surface area contributed by atoms with Gasteiger partial charge in [-0.15, -0.1) is 12.6 Å². The minimum atomic E-state index is -0.403. The van der Waals surface area contributed by atoms with Gasteiger partial charge in [0, 0.05) is 17.0 Å². The SMILES string of the molecule is O=C(NCCC1CCC1)c1ccc(F)c(S)c1. The van der Waals surface area contributed by atoms with Crippen LogP contribution in [0.3, 0.4) is 0 Å². The largest absolute Gasteiger partial charge is 0.352 e. The van der Waals surface area contributed by atoms with Crippen LogP contribution in [0.1, 0.15) is 36.0 Å². The van der Waals surface area contributed by atoms with Crippen LogP contribution in [0.4, 0.5) is 4.39 Å². The van der Waals surface area contributed by atoms with Crippen molar-refractivity contribution in [3.8, 4) is 0 Å². The van der Waals surface area contributed by atoms with Crippen molar-refractivity contribution in [2.75, 3.05) is 6.54 Å². The summed E-state index contributed by atoms with van der Waals surface area (Å²) in [7, 11) is 0. The lowest BCUT2D eigenvalue weighted by atomic mass is 9.83. The monoisotopic (exact) mass is 253 g/mol. The summed E-state index contributed by atoms with van der Waals surface area (Å²) in [6.07, 6.45) is 4.93. The molecule has 2 rings (SSSR count). The zero-order valence-corrected chi connectivity index (χ0v) is 10.5. The number of thiol groups is 1. The summed E-state index contributed by atoms with van der Waals surface area (Å²) in [6.45, 7) is 0.697. The molecule has 1 aliphatic carbocycles. The van der Waals surface area contributed by atoms with Gasteiger partial charge < -0.3 is 5.32 Å². The predicted octanol–water partition coefficient (Wildman–Crippen LogP) is 3.03. The van der Waals surface area contributed by atoms with Crippen molar-refractivity contribution in [3.05, 3.63) is 29.6 Å². The van der Waals surface area contributed by atoms with Crippen LogP contribution in [0, 0.1) is 11.7 Å². The van der Waals surface area contributed by atoms with Crippen molar-refractivity contribution < 1.29 is 9.18 Å². The summed E-state index contributed by atoms with van der Waals surface area (Å²) in [5.41, 5.74) is 0.463. The lowest BCUT2D eigenvalue weighted by Crippen LogP contribution is -2.27. The van der Waals surface area contributed by atoms with Crippen molar-refractivity contribution in [2.45, 2.75) is 30.6 Å². The number of carbonyl (C=O) groups is 1. The van der Waals surface area contributed by atoms with E-state index in [2.05, 4.69) is 17.9 Å². The summed E-state index contributed by atoms with van der Waals surface area (Å²) < 4.78 is 13.0. The van der Waals surface area contributed by atoms with Crippen LogP contribution in [-0.2, 0) is 0 Å². The fourth-order valence-corrected chi connectivity index (χ4v) is 2.14. The van der Waals surface area contributed by atoms with Gasteiger partial charge in [-0.25, -0.2) is 4.39 Å². The van der Waals surface area contributed by atoms with Crippen molar-refractivity contribution >= 4 is 18.5 Å². The minimum Gasteiger partial charge on any atom is -0.352 e. The first-order chi connectivity index (χ1) is 8.16. The summed E-state index contributed by atoms with van der Waals surface area (Å²) >= 11 is 3.96. The van der Waals surface area contributed by atoms with Gasteiger partial charge in [0.1, 0.15) is 5.82 Å². The van der Waals surface area contributed by atoms with Gasteiger partial charge in [-0.05, 0) is 30.5 Å². The molecule has 1 fully saturated rings. The van der Waals surface area contributed by atoms with Crippen LogP contribution in [0.5, 0.6) is 0 Å². The number of hydrogen-bond donors (Lipinski definition) is 2. The zero-order chi connectivity index (χ0) is 12.3. The Labute approximate surface area is 106 Å². The lowest BCUT2D eigenvalue weighted by Gasteiger charge is -2.25. The normalized spacial score (nSPS) is 15.4. The molecular formula is C13H16FNOS. The second-order valence-electron chi connectivity index (χ2n) is 4.51. The number of rotatable bonds is 4. The summed E-state index contributed by atoms with van der Waals surface area (Å²) in [5.74, 6) is 0.225. The average molecular weight is 253 g/mol. The number of nitrogens with one attached hydrogen (secondary N) is 1. The van der Waals surface area contributed by atoms with Gasteiger partial charge in [-0.3, -0.25) is 4.79 Å². The zero-order valence-electron chi connectivity index (χ0n) is 9.58. The van der Waals surface area contributed by atoms with E-state index in [-0.39, 0.29) is 10.8 Å². The molecule has 1 amide bonds. The molecule has 17 heavy (non-hydrogen) atoms. The number of benzene rings is 1. The van der Waals surface area contributed by atoms with E-state index in [1.54, 1.807) is 0 Å². The highest BCUT2D eigenvalue weighted by molar-refractivity contribution is 7.80. The van der Waals surface area contributed by atoms with Gasteiger partial charge in [0.05, 0.1) is 0 Å². The number of hydrogen-bond acceptors (Lipinski definition) is 2. The summed E-state index contributed by atoms with van der Waals surface area (Å²) in [5, 5.41) is 2.85. The van der Waals surface area contributed by atoms with Gasteiger partial charge in [0.2, 0.25) is 0 Å². The van der Waals surface area contributed by atoms with Gasteiger partial charge in [0.25, 0.3) is 5.91 Å². The van der Waals surface area contributed by atoms with Crippen LogP contribution in [0.15, 0.2) is 23.1 Å². The molecule has 1 aromatic rings. The number of carbonyl (C=O) groups excluding carboxylic acids is 1. The van der Waals surface area contributed by atoms with Crippen LogP contribution in [-0.4, -0.2) is 12.5 Å². The molecule has 0 saturated heterocycles. The van der Waals surface area contributed by atoms with Crippen LogP contribution >= 0.6 is 12.6 Å². The molecule has 0 radical (unpaired) electrons. The number of halogens is 1. The highest BCUT2D eigenvalue weighted by Crippen LogP contribution is 2.28. The maximum Gasteiger partial charge on any atom is 0.251 e. The second-order valence-corrected chi connectivity index (χ2v) is 4.99. The van der Waals surface area contributed by atoms with Crippen molar-refractivity contribution in [1.29, 1.82) is 0 Å². The van der Waals surface area contributed by atoms with E-state index in [9.17, 15) is 9.18 Å². The van der Waals surface area contributed by atoms with E-state index in [1.807, 2.05) is 0 Å². The standard InChI is InChI=1S/C13H16FNOS/c14-11-5-4-10(8-12(11)17)13(16)15-7-6-9-2-1-3-9/h4-5,8-9,17H,1-3,6-7H2,(H,15,16). The Morgan fingerprint density at radius 3 is 2.82 bits per heavy atom. The third-order valence-electron chi connectivity index (χ3n) is 3.27. The molecule has 4 heteroatoms. The Balaban J connectivity index is 1.83. The van der Waals surface area contributed by atoms with Crippen molar-refractivity contribution in [1.82, 2.24) is 5.32 Å². The Morgan fingerprint density at radius 2 is 2.24 bits per heavy atom. The maximum absolute atomic E-state index is 13.0. The molecule has 0 aromatic heterocycles. The Kier molecular flexibility index (Phi) is 4.05. The Hall–Kier alpha value is -1.03. The second kappa shape index (κ2) is 5.54. The fourth-order valence-electron chi connectivity index (χ4n) is 1.93. The van der Waals surface area contributed by atoms with Crippen LogP contribution in [0.25, 0.3) is 0 Å². The van der Waals surface area contributed by atoms with E-state index in [4.69, 9.17) is 0 Å². The highest BCUT2D eigenvalue weighted by Gasteiger charge is 2.17. The molecule has 1 aromatic carbocycles.